The number of nitrogens with one attached hydrogen (secondary N) is 2. The van der Waals surface area contributed by atoms with Gasteiger partial charge >= 0.3 is 0 Å². The molecule has 4 aromatic rings. The molecule has 4 rings (SSSR count). The van der Waals surface area contributed by atoms with E-state index < -0.39 is 0 Å². The summed E-state index contributed by atoms with van der Waals surface area (Å²) in [6.45, 7) is 0. The number of carbonyl (C=O) groups excluding carboxylic acids is 1. The summed E-state index contributed by atoms with van der Waals surface area (Å²) in [6.07, 6.45) is 1.80. The van der Waals surface area contributed by atoms with Gasteiger partial charge in [-0.1, -0.05) is 41.9 Å². The number of H-pyrrole nitrogens is 1. The van der Waals surface area contributed by atoms with E-state index in [1.54, 1.807) is 48.7 Å². The fourth-order valence-corrected chi connectivity index (χ4v) is 2.86. The van der Waals surface area contributed by atoms with Gasteiger partial charge in [0.15, 0.2) is 0 Å². The van der Waals surface area contributed by atoms with Crippen molar-refractivity contribution in [3.8, 4) is 0 Å². The van der Waals surface area contributed by atoms with Gasteiger partial charge in [0.1, 0.15) is 5.69 Å². The Morgan fingerprint density at radius 2 is 1.56 bits per heavy atom. The van der Waals surface area contributed by atoms with Crippen LogP contribution in [0.3, 0.4) is 0 Å². The highest BCUT2D eigenvalue weighted by molar-refractivity contribution is 6.30. The molecule has 0 atom stereocenters. The molecule has 0 aliphatic rings. The van der Waals surface area contributed by atoms with Gasteiger partial charge in [-0.2, -0.15) is 0 Å². The van der Waals surface area contributed by atoms with Crippen molar-refractivity contribution in [3.05, 3.63) is 89.6 Å². The Morgan fingerprint density at radius 1 is 0.852 bits per heavy atom. The van der Waals surface area contributed by atoms with Crippen molar-refractivity contribution >= 4 is 45.5 Å². The maximum atomic E-state index is 12.6. The highest BCUT2D eigenvalue weighted by Crippen LogP contribution is 2.28. The standard InChI is InChI=1S/C21H15ClN4O/c22-14-9-11-15(12-10-14)24-21(27)17-6-2-4-8-19(17)25-26-20-13-23-18-7-3-1-5-16(18)20/h1-13,23H,(H,24,27). The van der Waals surface area contributed by atoms with E-state index in [4.69, 9.17) is 11.6 Å². The molecule has 1 amide bonds. The van der Waals surface area contributed by atoms with Gasteiger partial charge in [-0.05, 0) is 42.5 Å². The van der Waals surface area contributed by atoms with Crippen molar-refractivity contribution in [3.63, 3.8) is 0 Å². The minimum absolute atomic E-state index is 0.259. The van der Waals surface area contributed by atoms with Crippen LogP contribution in [0.2, 0.25) is 5.02 Å². The molecule has 1 aromatic heterocycles. The number of amides is 1. The number of nitrogens with zero attached hydrogens (tertiary/aromatic N) is 2. The molecule has 2 N–H and O–H groups in total. The molecule has 0 aliphatic carbocycles. The highest BCUT2D eigenvalue weighted by atomic mass is 35.5. The summed E-state index contributed by atoms with van der Waals surface area (Å²) in [7, 11) is 0. The predicted octanol–water partition coefficient (Wildman–Crippen LogP) is 6.49. The minimum atomic E-state index is -0.259. The summed E-state index contributed by atoms with van der Waals surface area (Å²) in [4.78, 5) is 15.8. The summed E-state index contributed by atoms with van der Waals surface area (Å²) in [5, 5.41) is 13.1. The van der Waals surface area contributed by atoms with Crippen molar-refractivity contribution in [2.75, 3.05) is 5.32 Å². The topological polar surface area (TPSA) is 69.6 Å². The summed E-state index contributed by atoms with van der Waals surface area (Å²) in [6, 6.07) is 21.9. The van der Waals surface area contributed by atoms with Gasteiger partial charge in [0.2, 0.25) is 0 Å². The van der Waals surface area contributed by atoms with Crippen LogP contribution in [-0.4, -0.2) is 10.9 Å². The molecule has 0 saturated carbocycles. The van der Waals surface area contributed by atoms with E-state index >= 15 is 0 Å². The molecule has 0 radical (unpaired) electrons. The molecular weight excluding hydrogens is 360 g/mol. The highest BCUT2D eigenvalue weighted by Gasteiger charge is 2.11. The van der Waals surface area contributed by atoms with Gasteiger partial charge in [0, 0.05) is 27.8 Å². The average molecular weight is 375 g/mol. The van der Waals surface area contributed by atoms with Crippen LogP contribution in [0.15, 0.2) is 89.2 Å². The monoisotopic (exact) mass is 374 g/mol. The third-order valence-corrected chi connectivity index (χ3v) is 4.34. The van der Waals surface area contributed by atoms with E-state index in [0.717, 1.165) is 16.6 Å². The van der Waals surface area contributed by atoms with Crippen LogP contribution in [0.5, 0.6) is 0 Å². The van der Waals surface area contributed by atoms with Gasteiger partial charge in [-0.15, -0.1) is 10.2 Å². The van der Waals surface area contributed by atoms with E-state index in [1.807, 2.05) is 30.3 Å². The normalized spacial score (nSPS) is 11.1. The van der Waals surface area contributed by atoms with Crippen molar-refractivity contribution < 1.29 is 4.79 Å². The number of rotatable bonds is 4. The largest absolute Gasteiger partial charge is 0.359 e. The van der Waals surface area contributed by atoms with E-state index in [-0.39, 0.29) is 5.91 Å². The van der Waals surface area contributed by atoms with Gasteiger partial charge < -0.3 is 10.3 Å². The second-order valence-electron chi connectivity index (χ2n) is 5.90. The molecule has 3 aromatic carbocycles. The Bertz CT molecular complexity index is 1130. The van der Waals surface area contributed by atoms with E-state index in [1.165, 1.54) is 0 Å². The number of benzene rings is 3. The van der Waals surface area contributed by atoms with Gasteiger partial charge in [-0.25, -0.2) is 0 Å². The molecule has 0 spiro atoms. The molecule has 0 saturated heterocycles. The number of hydrogen-bond donors (Lipinski definition) is 2. The summed E-state index contributed by atoms with van der Waals surface area (Å²) < 4.78 is 0. The maximum Gasteiger partial charge on any atom is 0.257 e. The van der Waals surface area contributed by atoms with Crippen molar-refractivity contribution in [1.82, 2.24) is 4.98 Å². The lowest BCUT2D eigenvalue weighted by molar-refractivity contribution is 0.102. The van der Waals surface area contributed by atoms with E-state index in [9.17, 15) is 4.79 Å². The number of aromatic nitrogens is 1. The zero-order chi connectivity index (χ0) is 18.6. The predicted molar refractivity (Wildman–Crippen MR) is 108 cm³/mol. The molecule has 5 nitrogen and oxygen atoms in total. The second-order valence-corrected chi connectivity index (χ2v) is 6.33. The zero-order valence-corrected chi connectivity index (χ0v) is 14.9. The Hall–Kier alpha value is -3.44. The first-order valence-electron chi connectivity index (χ1n) is 8.34. The fourth-order valence-electron chi connectivity index (χ4n) is 2.73. The van der Waals surface area contributed by atoms with Gasteiger partial charge in [-0.3, -0.25) is 4.79 Å². The Labute approximate surface area is 160 Å². The van der Waals surface area contributed by atoms with Crippen LogP contribution in [-0.2, 0) is 0 Å². The van der Waals surface area contributed by atoms with Gasteiger partial charge in [0.05, 0.1) is 11.3 Å². The van der Waals surface area contributed by atoms with Crippen molar-refractivity contribution in [1.29, 1.82) is 0 Å². The SMILES string of the molecule is O=C(Nc1ccc(Cl)cc1)c1ccccc1N=Nc1c[nH]c2ccccc12. The molecule has 27 heavy (non-hydrogen) atoms. The fraction of sp³-hybridized carbons (Fsp3) is 0. The van der Waals surface area contributed by atoms with Crippen LogP contribution >= 0.6 is 11.6 Å². The number of fused-ring (bicyclic) bond motifs is 1. The number of anilines is 1. The first kappa shape index (κ1) is 17.0. The quantitative estimate of drug-likeness (QED) is 0.394. The molecule has 132 valence electrons. The first-order valence-corrected chi connectivity index (χ1v) is 8.72. The van der Waals surface area contributed by atoms with Gasteiger partial charge in [0.25, 0.3) is 5.91 Å². The molecule has 0 aliphatic heterocycles. The lowest BCUT2D eigenvalue weighted by Crippen LogP contribution is -2.11. The number of azo groups is 1. The third kappa shape index (κ3) is 3.73. The summed E-state index contributed by atoms with van der Waals surface area (Å²) in [5.74, 6) is -0.259. The van der Waals surface area contributed by atoms with E-state index in [0.29, 0.717) is 22.0 Å². The lowest BCUT2D eigenvalue weighted by atomic mass is 10.1. The molecule has 0 bridgehead atoms. The maximum absolute atomic E-state index is 12.6. The van der Waals surface area contributed by atoms with Crippen LogP contribution in [0.1, 0.15) is 10.4 Å². The van der Waals surface area contributed by atoms with E-state index in [2.05, 4.69) is 20.5 Å². The molecule has 0 fully saturated rings. The molecule has 0 unspecified atom stereocenters. The minimum Gasteiger partial charge on any atom is -0.359 e. The number of para-hydroxylation sites is 1. The Kier molecular flexibility index (Phi) is 4.68. The Balaban J connectivity index is 1.61. The molecule has 6 heteroatoms. The first-order chi connectivity index (χ1) is 13.2. The van der Waals surface area contributed by atoms with Crippen LogP contribution in [0.25, 0.3) is 10.9 Å². The average Bonchev–Trinajstić information content (AvgIpc) is 3.11. The molecular formula is C21H15ClN4O. The summed E-state index contributed by atoms with van der Waals surface area (Å²) in [5.41, 5.74) is 3.30. The van der Waals surface area contributed by atoms with Crippen molar-refractivity contribution in [2.45, 2.75) is 0 Å². The lowest BCUT2D eigenvalue weighted by Gasteiger charge is -2.07. The number of aromatic amines is 1. The van der Waals surface area contributed by atoms with Crippen LogP contribution < -0.4 is 5.32 Å². The van der Waals surface area contributed by atoms with Crippen LogP contribution in [0, 0.1) is 0 Å². The zero-order valence-electron chi connectivity index (χ0n) is 14.2. The van der Waals surface area contributed by atoms with Crippen molar-refractivity contribution in [2.24, 2.45) is 10.2 Å². The smallest absolute Gasteiger partial charge is 0.257 e. The number of hydrogen-bond acceptors (Lipinski definition) is 3. The summed E-state index contributed by atoms with van der Waals surface area (Å²) >= 11 is 5.88. The second kappa shape index (κ2) is 7.43. The van der Waals surface area contributed by atoms with Crippen LogP contribution in [0.4, 0.5) is 17.1 Å². The number of halogens is 1. The third-order valence-electron chi connectivity index (χ3n) is 4.08. The Morgan fingerprint density at radius 3 is 2.41 bits per heavy atom. The number of carbonyl (C=O) groups is 1. The molecule has 1 heterocycles.